The van der Waals surface area contributed by atoms with Crippen molar-refractivity contribution in [1.82, 2.24) is 58.7 Å². The number of hydrogen-bond acceptors (Lipinski definition) is 25. The number of aromatic nitrogens is 12. The minimum atomic E-state index is -0.311. The van der Waals surface area contributed by atoms with Crippen molar-refractivity contribution in [2.45, 2.75) is 126 Å². The Balaban J connectivity index is 0.000000158. The van der Waals surface area contributed by atoms with E-state index in [1.807, 2.05) is 206 Å². The van der Waals surface area contributed by atoms with Gasteiger partial charge in [0, 0.05) is 85.5 Å². The highest BCUT2D eigenvalue weighted by Crippen LogP contribution is 2.29. The zero-order valence-electron chi connectivity index (χ0n) is 73.4. The van der Waals surface area contributed by atoms with Crippen molar-refractivity contribution < 1.29 is 9.53 Å². The first kappa shape index (κ1) is 94.1. The van der Waals surface area contributed by atoms with Crippen molar-refractivity contribution in [3.8, 4) is 34.1 Å². The van der Waals surface area contributed by atoms with E-state index >= 15 is 0 Å². The molecule has 3 aliphatic rings. The van der Waals surface area contributed by atoms with Gasteiger partial charge in [-0.15, -0.1) is 0 Å². The maximum Gasteiger partial charge on any atom is 0.297 e. The molecule has 3 fully saturated rings. The molecule has 32 heteroatoms. The van der Waals surface area contributed by atoms with E-state index in [4.69, 9.17) is 33.4 Å². The maximum atomic E-state index is 12.8. The van der Waals surface area contributed by atoms with Crippen LogP contribution in [0.1, 0.15) is 126 Å². The number of anilines is 12. The number of nitrogens with one attached hydrogen (secondary N) is 1. The third kappa shape index (κ3) is 24.6. The minimum Gasteiger partial charge on any atom is -0.392 e. The molecule has 0 spiro atoms. The summed E-state index contributed by atoms with van der Waals surface area (Å²) >= 11 is 0. The number of rotatable bonds is 25. The second-order valence-corrected chi connectivity index (χ2v) is 30.2. The van der Waals surface area contributed by atoms with Crippen LogP contribution in [0.4, 0.5) is 68.2 Å². The summed E-state index contributed by atoms with van der Waals surface area (Å²) in [5.41, 5.74) is 38.7. The zero-order chi connectivity index (χ0) is 89.9. The number of piperidine rings is 2. The number of nitrogens with zero attached hydrogens (tertiary/aromatic N) is 18. The van der Waals surface area contributed by atoms with E-state index in [0.29, 0.717) is 53.0 Å². The fraction of sp³-hybridized carbons (Fsp3) is 0.351. The first-order valence-electron chi connectivity index (χ1n) is 43.5. The lowest BCUT2D eigenvalue weighted by Gasteiger charge is -2.30. The molecule has 3 saturated heterocycles. The predicted molar refractivity (Wildman–Crippen MR) is 509 cm³/mol. The maximum absolute atomic E-state index is 12.8. The summed E-state index contributed by atoms with van der Waals surface area (Å²) in [7, 11) is 0. The van der Waals surface area contributed by atoms with Crippen LogP contribution in [0.15, 0.2) is 248 Å². The lowest BCUT2D eigenvalue weighted by molar-refractivity contribution is -0.114. The molecular weight excluding hydrogens is 1590 g/mol. The van der Waals surface area contributed by atoms with Crippen LogP contribution in [0.2, 0.25) is 0 Å². The number of amides is 1. The standard InChI is InChI=1S/C18H26N4O.C17H20N4O2.C16H22N4O.C15H18N4O.C14H16N4O2.C14H18N4O/c1-3-5-12-21(13-6-4-2)16-14-20-22(18(23)17(16)19)15-10-8-7-9-11-15;1-13(22)19-16-15(20-10-6-3-7-11-20)12-18-21(17(16)23)14-8-4-2-5-9-14;1-3-10-19(11-4-2)14-12-18-20(16(21)15(14)17)13-8-6-5-7-9-13;16-14-13(18-9-5-2-6-10-18)11-17-19(15(14)20)12-7-3-1-4-8-12;15-13-12(17-6-8-20-9-7-17)10-16-18(14(13)19)11-4-2-1-3-5-11;1-3-17(4-2)12-10-16-18(14(19)13(12)15)11-8-6-5-7-9-11/h7-11,14H,3-6,12-13,19H2,1-2H3;2,4-5,8-9,12H,3,6-7,10-11H2,1H3,(H,19,22);5-9,12H,3-4,10-11,17H2,1-2H3;1,3-4,7-8,11H,2,5-6,9-10,16H2;1-5,10H,6-9,15H2;5-10H,3-4,15H2,1-2H3. The summed E-state index contributed by atoms with van der Waals surface area (Å²) in [5.74, 6) is -0.258. The molecule has 0 radical (unpaired) electrons. The molecule has 6 aromatic heterocycles. The molecule has 0 saturated carbocycles. The van der Waals surface area contributed by atoms with Crippen molar-refractivity contribution in [1.29, 1.82) is 0 Å². The van der Waals surface area contributed by atoms with Crippen LogP contribution in [-0.4, -0.2) is 156 Å². The number of ether oxygens (including phenoxy) is 1. The van der Waals surface area contributed by atoms with E-state index in [2.05, 4.69) is 83.2 Å². The molecule has 11 N–H and O–H groups in total. The molecule has 32 nitrogen and oxygen atoms in total. The first-order valence-corrected chi connectivity index (χ1v) is 43.5. The van der Waals surface area contributed by atoms with Crippen molar-refractivity contribution >= 4 is 74.2 Å². The number of benzene rings is 6. The zero-order valence-corrected chi connectivity index (χ0v) is 73.4. The summed E-state index contributed by atoms with van der Waals surface area (Å²) in [5, 5.41) is 28.3. The lowest BCUT2D eigenvalue weighted by atomic mass is 10.1. The summed E-state index contributed by atoms with van der Waals surface area (Å²) in [6.45, 7) is 25.5. The van der Waals surface area contributed by atoms with Gasteiger partial charge in [-0.3, -0.25) is 33.6 Å². The highest BCUT2D eigenvalue weighted by atomic mass is 16.5. The van der Waals surface area contributed by atoms with Crippen LogP contribution in [0.3, 0.4) is 0 Å². The molecule has 3 aliphatic heterocycles. The van der Waals surface area contributed by atoms with Crippen LogP contribution in [-0.2, 0) is 9.53 Å². The van der Waals surface area contributed by atoms with Crippen molar-refractivity contribution in [2.75, 3.05) is 155 Å². The number of nitrogens with two attached hydrogens (primary N) is 5. The Morgan fingerprint density at radius 2 is 0.587 bits per heavy atom. The van der Waals surface area contributed by atoms with Gasteiger partial charge in [-0.2, -0.15) is 58.7 Å². The van der Waals surface area contributed by atoms with Gasteiger partial charge in [0.25, 0.3) is 33.4 Å². The van der Waals surface area contributed by atoms with Gasteiger partial charge in [0.2, 0.25) is 5.91 Å². The van der Waals surface area contributed by atoms with Gasteiger partial charge in [0.05, 0.1) is 119 Å². The first-order chi connectivity index (χ1) is 61.3. The molecule has 0 atom stereocenters. The average molecular weight is 1710 g/mol. The Labute approximate surface area is 734 Å². The van der Waals surface area contributed by atoms with E-state index in [-0.39, 0.29) is 67.7 Å². The number of hydrogen-bond donors (Lipinski definition) is 6. The van der Waals surface area contributed by atoms with Crippen LogP contribution >= 0.6 is 0 Å². The molecule has 12 aromatic rings. The van der Waals surface area contributed by atoms with Gasteiger partial charge in [-0.1, -0.05) is 150 Å². The number of nitrogen functional groups attached to an aromatic ring is 5. The summed E-state index contributed by atoms with van der Waals surface area (Å²) in [6, 6.07) is 55.7. The topological polar surface area (TPSA) is 397 Å². The highest BCUT2D eigenvalue weighted by molar-refractivity contribution is 5.92. The molecule has 126 heavy (non-hydrogen) atoms. The molecule has 0 unspecified atom stereocenters. The second kappa shape index (κ2) is 48.0. The number of unbranched alkanes of at least 4 members (excludes halogenated alkanes) is 2. The molecule has 0 bridgehead atoms. The molecule has 15 rings (SSSR count). The lowest BCUT2D eigenvalue weighted by Crippen LogP contribution is -2.38. The van der Waals surface area contributed by atoms with Gasteiger partial charge in [-0.05, 0) is 151 Å². The highest BCUT2D eigenvalue weighted by Gasteiger charge is 2.24. The van der Waals surface area contributed by atoms with Crippen molar-refractivity contribution in [3.63, 3.8) is 0 Å². The van der Waals surface area contributed by atoms with Crippen LogP contribution < -0.4 is 96.7 Å². The molecule has 9 heterocycles. The van der Waals surface area contributed by atoms with E-state index < -0.39 is 0 Å². The van der Waals surface area contributed by atoms with E-state index in [9.17, 15) is 33.6 Å². The van der Waals surface area contributed by atoms with E-state index in [0.717, 1.165) is 177 Å². The third-order valence-electron chi connectivity index (χ3n) is 21.3. The van der Waals surface area contributed by atoms with Crippen molar-refractivity contribution in [3.05, 3.63) is 281 Å². The summed E-state index contributed by atoms with van der Waals surface area (Å²) < 4.78 is 13.3. The Hall–Kier alpha value is -14.2. The quantitative estimate of drug-likeness (QED) is 0.0309. The van der Waals surface area contributed by atoms with E-state index in [1.165, 1.54) is 47.9 Å². The third-order valence-corrected chi connectivity index (χ3v) is 21.3. The average Bonchev–Trinajstić information content (AvgIpc) is 0.845. The summed E-state index contributed by atoms with van der Waals surface area (Å²) in [4.78, 5) is 99.1. The minimum absolute atomic E-state index is 0.228. The predicted octanol–water partition coefficient (Wildman–Crippen LogP) is 12.0. The van der Waals surface area contributed by atoms with Gasteiger partial charge >= 0.3 is 0 Å². The van der Waals surface area contributed by atoms with E-state index in [1.54, 1.807) is 37.2 Å². The Kier molecular flexibility index (Phi) is 35.9. The van der Waals surface area contributed by atoms with Gasteiger partial charge in [0.1, 0.15) is 34.1 Å². The molecule has 6 aromatic carbocycles. The fourth-order valence-electron chi connectivity index (χ4n) is 14.6. The molecular formula is C94H120N24O8. The van der Waals surface area contributed by atoms with Crippen LogP contribution in [0.5, 0.6) is 0 Å². The number of para-hydroxylation sites is 6. The fourth-order valence-corrected chi connectivity index (χ4v) is 14.6. The number of carbonyl (C=O) groups excluding carboxylic acids is 1. The summed E-state index contributed by atoms with van der Waals surface area (Å²) in [6.07, 6.45) is 23.3. The SMILES string of the molecule is CC(=O)Nc1c(N2CCCCC2)cnn(-c2ccccc2)c1=O.CCCCN(CCCC)c1cnn(-c2ccccc2)c(=O)c1N.CCCN(CCC)c1cnn(-c2ccccc2)c(=O)c1N.CCN(CC)c1cnn(-c2ccccc2)c(=O)c1N.Nc1c(N2CCCCC2)cnn(-c2ccccc2)c1=O.Nc1c(N2CCOCC2)cnn(-c2ccccc2)c1=O. The largest absolute Gasteiger partial charge is 0.392 e. The van der Waals surface area contributed by atoms with Gasteiger partial charge in [-0.25, -0.2) is 0 Å². The smallest absolute Gasteiger partial charge is 0.297 e. The van der Waals surface area contributed by atoms with Crippen LogP contribution in [0, 0.1) is 0 Å². The number of morpholine rings is 1. The normalized spacial score (nSPS) is 12.8. The second-order valence-electron chi connectivity index (χ2n) is 30.2. The Morgan fingerprint density at radius 1 is 0.325 bits per heavy atom. The monoisotopic (exact) mass is 1710 g/mol. The van der Waals surface area contributed by atoms with Gasteiger partial charge in [0.15, 0.2) is 0 Å². The van der Waals surface area contributed by atoms with Gasteiger partial charge < -0.3 is 68.1 Å². The number of carbonyl (C=O) groups is 1. The van der Waals surface area contributed by atoms with Crippen molar-refractivity contribution in [2.24, 2.45) is 0 Å². The molecule has 1 amide bonds. The molecule has 0 aliphatic carbocycles. The van der Waals surface area contributed by atoms with Crippen LogP contribution in [0.25, 0.3) is 34.1 Å². The molecule has 664 valence electrons. The Morgan fingerprint density at radius 3 is 0.881 bits per heavy atom. The Bertz CT molecular complexity index is 5650.